The molecule has 128 valence electrons. The van der Waals surface area contributed by atoms with Gasteiger partial charge in [0, 0.05) is 5.92 Å². The number of hydrogen-bond acceptors (Lipinski definition) is 6. The number of amides is 1. The maximum absolute atomic E-state index is 11.8. The number of hydrogen-bond donors (Lipinski definition) is 3. The molecule has 1 unspecified atom stereocenters. The Balaban J connectivity index is 1.90. The first-order valence-electron chi connectivity index (χ1n) is 7.53. The van der Waals surface area contributed by atoms with Crippen LogP contribution in [0.3, 0.4) is 0 Å². The molecular weight excluding hydrogens is 314 g/mol. The van der Waals surface area contributed by atoms with Gasteiger partial charge in [-0.3, -0.25) is 0 Å². The molecule has 3 N–H and O–H groups in total. The molecule has 0 radical (unpaired) electrons. The number of aliphatic carboxylic acids is 1. The summed E-state index contributed by atoms with van der Waals surface area (Å²) in [6.07, 6.45) is 0.00154. The van der Waals surface area contributed by atoms with E-state index < -0.39 is 18.1 Å². The number of alkyl carbamates (subject to hydrolysis) is 1. The fourth-order valence-electron chi connectivity index (χ4n) is 2.22. The van der Waals surface area contributed by atoms with Gasteiger partial charge in [0.1, 0.15) is 12.6 Å². The molecule has 0 aliphatic rings. The molecule has 24 heavy (non-hydrogen) atoms. The summed E-state index contributed by atoms with van der Waals surface area (Å²) in [5, 5.41) is 25.1. The third kappa shape index (κ3) is 5.04. The minimum absolute atomic E-state index is 0.0717. The second-order valence-corrected chi connectivity index (χ2v) is 5.22. The van der Waals surface area contributed by atoms with Gasteiger partial charge in [0.2, 0.25) is 0 Å². The van der Waals surface area contributed by atoms with Crippen LogP contribution in [-0.2, 0) is 16.1 Å². The highest BCUT2D eigenvalue weighted by Gasteiger charge is 2.26. The van der Waals surface area contributed by atoms with E-state index in [9.17, 15) is 14.7 Å². The molecule has 9 nitrogen and oxygen atoms in total. The first kappa shape index (κ1) is 17.4. The fourth-order valence-corrected chi connectivity index (χ4v) is 2.22. The number of aromatic amines is 1. The van der Waals surface area contributed by atoms with Crippen LogP contribution in [0.5, 0.6) is 0 Å². The summed E-state index contributed by atoms with van der Waals surface area (Å²) in [6, 6.07) is 8.04. The number of nitrogens with one attached hydrogen (secondary N) is 2. The lowest BCUT2D eigenvalue weighted by Gasteiger charge is -2.18. The first-order chi connectivity index (χ1) is 11.6. The highest BCUT2D eigenvalue weighted by Crippen LogP contribution is 2.20. The average molecular weight is 333 g/mol. The Morgan fingerprint density at radius 2 is 2.08 bits per heavy atom. The van der Waals surface area contributed by atoms with Gasteiger partial charge in [0.15, 0.2) is 5.82 Å². The van der Waals surface area contributed by atoms with E-state index >= 15 is 0 Å². The minimum Gasteiger partial charge on any atom is -0.480 e. The zero-order chi connectivity index (χ0) is 17.4. The molecule has 2 rings (SSSR count). The van der Waals surface area contributed by atoms with Crippen molar-refractivity contribution in [2.45, 2.75) is 38.3 Å². The molecule has 0 aliphatic carbocycles. The molecular formula is C15H19N5O4. The third-order valence-electron chi connectivity index (χ3n) is 3.56. The average Bonchev–Trinajstić information content (AvgIpc) is 3.11. The number of H-pyrrole nitrogens is 1. The highest BCUT2D eigenvalue weighted by molar-refractivity contribution is 5.79. The number of tetrazole rings is 1. The molecule has 0 fully saturated rings. The normalized spacial score (nSPS) is 13.0. The molecule has 1 aromatic carbocycles. The summed E-state index contributed by atoms with van der Waals surface area (Å²) in [5.74, 6) is -0.865. The molecule has 2 atom stereocenters. The topological polar surface area (TPSA) is 130 Å². The Hall–Kier alpha value is -2.97. The molecule has 0 aliphatic heterocycles. The number of carboxylic acid groups (broad SMARTS) is 1. The predicted molar refractivity (Wildman–Crippen MR) is 83.0 cm³/mol. The van der Waals surface area contributed by atoms with Gasteiger partial charge in [-0.25, -0.2) is 14.7 Å². The Bertz CT molecular complexity index is 647. The van der Waals surface area contributed by atoms with Crippen LogP contribution >= 0.6 is 0 Å². The number of nitrogens with zero attached hydrogens (tertiary/aromatic N) is 3. The summed E-state index contributed by atoms with van der Waals surface area (Å²) in [7, 11) is 0. The number of rotatable bonds is 8. The van der Waals surface area contributed by atoms with E-state index in [1.807, 2.05) is 37.3 Å². The second kappa shape index (κ2) is 8.61. The summed E-state index contributed by atoms with van der Waals surface area (Å²) in [4.78, 5) is 23.2. The predicted octanol–water partition coefficient (Wildman–Crippen LogP) is 1.46. The lowest BCUT2D eigenvalue weighted by molar-refractivity contribution is -0.139. The number of ether oxygens (including phenoxy) is 1. The van der Waals surface area contributed by atoms with Crippen LogP contribution < -0.4 is 5.32 Å². The van der Waals surface area contributed by atoms with E-state index in [2.05, 4.69) is 25.9 Å². The van der Waals surface area contributed by atoms with Crippen molar-refractivity contribution in [2.24, 2.45) is 0 Å². The molecule has 1 amide bonds. The van der Waals surface area contributed by atoms with Crippen LogP contribution in [0.15, 0.2) is 30.3 Å². The Morgan fingerprint density at radius 3 is 2.67 bits per heavy atom. The van der Waals surface area contributed by atoms with Gasteiger partial charge in [-0.05, 0) is 28.8 Å². The molecule has 1 aromatic heterocycles. The lowest BCUT2D eigenvalue weighted by Crippen LogP contribution is -2.42. The standard InChI is InChI=1S/C15H19N5O4/c1-2-11(13-17-19-20-18-13)8-12(14(21)22)16-15(23)24-9-10-6-4-3-5-7-10/h3-7,11-12H,2,8-9H2,1H3,(H,16,23)(H,21,22)(H,17,18,19,20)/t11?,12-/m0/s1. The van der Waals surface area contributed by atoms with Gasteiger partial charge in [-0.15, -0.1) is 5.10 Å². The van der Waals surface area contributed by atoms with Gasteiger partial charge >= 0.3 is 12.1 Å². The van der Waals surface area contributed by atoms with Gasteiger partial charge in [0.05, 0.1) is 0 Å². The van der Waals surface area contributed by atoms with Crippen LogP contribution in [-0.4, -0.2) is 43.8 Å². The summed E-state index contributed by atoms with van der Waals surface area (Å²) >= 11 is 0. The molecule has 9 heteroatoms. The Labute approximate surface area is 138 Å². The van der Waals surface area contributed by atoms with E-state index in [4.69, 9.17) is 4.74 Å². The molecule has 0 saturated heterocycles. The second-order valence-electron chi connectivity index (χ2n) is 5.22. The third-order valence-corrected chi connectivity index (χ3v) is 3.56. The van der Waals surface area contributed by atoms with Crippen molar-refractivity contribution in [1.82, 2.24) is 25.9 Å². The Kier molecular flexibility index (Phi) is 6.23. The van der Waals surface area contributed by atoms with E-state index in [0.717, 1.165) is 5.56 Å². The van der Waals surface area contributed by atoms with E-state index in [1.54, 1.807) is 0 Å². The quantitative estimate of drug-likeness (QED) is 0.666. The smallest absolute Gasteiger partial charge is 0.408 e. The molecule has 1 heterocycles. The monoisotopic (exact) mass is 333 g/mol. The van der Waals surface area contributed by atoms with Crippen molar-refractivity contribution in [2.75, 3.05) is 0 Å². The number of benzene rings is 1. The highest BCUT2D eigenvalue weighted by atomic mass is 16.5. The van der Waals surface area contributed by atoms with Crippen molar-refractivity contribution in [1.29, 1.82) is 0 Å². The molecule has 0 spiro atoms. The molecule has 2 aromatic rings. The zero-order valence-electron chi connectivity index (χ0n) is 13.2. The minimum atomic E-state index is -1.14. The van der Waals surface area contributed by atoms with Crippen molar-refractivity contribution in [3.05, 3.63) is 41.7 Å². The molecule has 0 saturated carbocycles. The number of aromatic nitrogens is 4. The van der Waals surface area contributed by atoms with Crippen molar-refractivity contribution < 1.29 is 19.4 Å². The van der Waals surface area contributed by atoms with Crippen LogP contribution in [0.25, 0.3) is 0 Å². The van der Waals surface area contributed by atoms with Crippen molar-refractivity contribution in [3.8, 4) is 0 Å². The summed E-state index contributed by atoms with van der Waals surface area (Å²) < 4.78 is 5.05. The lowest BCUT2D eigenvalue weighted by atomic mass is 9.96. The van der Waals surface area contributed by atoms with Gasteiger partial charge in [0.25, 0.3) is 0 Å². The van der Waals surface area contributed by atoms with E-state index in [-0.39, 0.29) is 18.9 Å². The maximum atomic E-state index is 11.8. The fraction of sp³-hybridized carbons (Fsp3) is 0.400. The largest absolute Gasteiger partial charge is 0.480 e. The van der Waals surface area contributed by atoms with Crippen LogP contribution in [0.2, 0.25) is 0 Å². The summed E-state index contributed by atoms with van der Waals surface area (Å²) in [5.41, 5.74) is 0.818. The van der Waals surface area contributed by atoms with Crippen LogP contribution in [0.4, 0.5) is 4.79 Å². The van der Waals surface area contributed by atoms with Crippen molar-refractivity contribution >= 4 is 12.1 Å². The number of carbonyl (C=O) groups excluding carboxylic acids is 1. The zero-order valence-corrected chi connectivity index (χ0v) is 13.2. The SMILES string of the molecule is CCC(C[C@H](NC(=O)OCc1ccccc1)C(=O)O)c1nnn[nH]1. The van der Waals surface area contributed by atoms with E-state index in [0.29, 0.717) is 12.2 Å². The van der Waals surface area contributed by atoms with Gasteiger partial charge in [-0.2, -0.15) is 0 Å². The Morgan fingerprint density at radius 1 is 1.33 bits per heavy atom. The van der Waals surface area contributed by atoms with Gasteiger partial charge in [-0.1, -0.05) is 37.3 Å². The van der Waals surface area contributed by atoms with Crippen LogP contribution in [0, 0.1) is 0 Å². The summed E-state index contributed by atoms with van der Waals surface area (Å²) in [6.45, 7) is 1.96. The van der Waals surface area contributed by atoms with E-state index in [1.165, 1.54) is 0 Å². The number of carbonyl (C=O) groups is 2. The van der Waals surface area contributed by atoms with Crippen LogP contribution in [0.1, 0.15) is 37.1 Å². The van der Waals surface area contributed by atoms with Crippen molar-refractivity contribution in [3.63, 3.8) is 0 Å². The maximum Gasteiger partial charge on any atom is 0.408 e. The molecule has 0 bridgehead atoms. The number of carboxylic acids is 1. The first-order valence-corrected chi connectivity index (χ1v) is 7.53. The van der Waals surface area contributed by atoms with Gasteiger partial charge < -0.3 is 15.2 Å².